The van der Waals surface area contributed by atoms with Crippen molar-refractivity contribution in [2.45, 2.75) is 64.6 Å². The first-order chi connectivity index (χ1) is 13.0. The van der Waals surface area contributed by atoms with Gasteiger partial charge in [0.15, 0.2) is 5.82 Å². The molecule has 0 amide bonds. The highest BCUT2D eigenvalue weighted by molar-refractivity contribution is 6.30. The number of halogens is 1. The fraction of sp³-hybridized carbons (Fsp3) is 0.545. The Morgan fingerprint density at radius 3 is 2.25 bits per heavy atom. The number of hydrogen-bond acceptors (Lipinski definition) is 5. The standard InChI is InChI=1S/C22H31ClN4O/c1-7-27(16-13-21(2,3)26(6)22(4,5)14-16)20-11-10-18(24-25-20)17-9-8-15(23)12-19(17)28/h8-12,16,28H,7,13-14H2,1-6H3. The second-order valence-electron chi connectivity index (χ2n) is 8.97. The van der Waals surface area contributed by atoms with Crippen LogP contribution in [0.2, 0.25) is 5.02 Å². The van der Waals surface area contributed by atoms with Crippen LogP contribution >= 0.6 is 11.6 Å². The van der Waals surface area contributed by atoms with Crippen LogP contribution in [-0.2, 0) is 0 Å². The van der Waals surface area contributed by atoms with E-state index in [1.807, 2.05) is 12.1 Å². The third-order valence-corrected chi connectivity index (χ3v) is 6.48. The lowest BCUT2D eigenvalue weighted by Crippen LogP contribution is -2.62. The molecule has 2 aromatic rings. The van der Waals surface area contributed by atoms with E-state index < -0.39 is 0 Å². The summed E-state index contributed by atoms with van der Waals surface area (Å²) < 4.78 is 0. The topological polar surface area (TPSA) is 52.5 Å². The summed E-state index contributed by atoms with van der Waals surface area (Å²) in [5.74, 6) is 0.988. The Hall–Kier alpha value is -1.85. The molecule has 5 nitrogen and oxygen atoms in total. The molecule has 1 aliphatic rings. The second kappa shape index (κ2) is 7.53. The molecule has 1 N–H and O–H groups in total. The molecule has 0 saturated carbocycles. The number of nitrogens with zero attached hydrogens (tertiary/aromatic N) is 4. The van der Waals surface area contributed by atoms with E-state index in [9.17, 15) is 5.11 Å². The van der Waals surface area contributed by atoms with Crippen LogP contribution in [0.15, 0.2) is 30.3 Å². The van der Waals surface area contributed by atoms with E-state index in [2.05, 4.69) is 61.7 Å². The number of phenols is 1. The van der Waals surface area contributed by atoms with Gasteiger partial charge in [-0.25, -0.2) is 0 Å². The van der Waals surface area contributed by atoms with Crippen molar-refractivity contribution in [1.29, 1.82) is 0 Å². The van der Waals surface area contributed by atoms with Gasteiger partial charge in [-0.3, -0.25) is 4.90 Å². The fourth-order valence-corrected chi connectivity index (χ4v) is 4.66. The van der Waals surface area contributed by atoms with Crippen molar-refractivity contribution in [3.05, 3.63) is 35.4 Å². The van der Waals surface area contributed by atoms with Crippen molar-refractivity contribution < 1.29 is 5.11 Å². The Balaban J connectivity index is 1.87. The number of anilines is 1. The van der Waals surface area contributed by atoms with Gasteiger partial charge in [0, 0.05) is 34.3 Å². The molecule has 152 valence electrons. The van der Waals surface area contributed by atoms with Crippen molar-refractivity contribution in [2.75, 3.05) is 18.5 Å². The molecule has 0 unspecified atom stereocenters. The summed E-state index contributed by atoms with van der Waals surface area (Å²) in [5.41, 5.74) is 1.50. The summed E-state index contributed by atoms with van der Waals surface area (Å²) in [6.45, 7) is 12.3. The van der Waals surface area contributed by atoms with Gasteiger partial charge in [-0.1, -0.05) is 11.6 Å². The van der Waals surface area contributed by atoms with Crippen LogP contribution in [0, 0.1) is 0 Å². The molecule has 1 fully saturated rings. The van der Waals surface area contributed by atoms with Crippen molar-refractivity contribution in [3.8, 4) is 17.0 Å². The first-order valence-corrected chi connectivity index (χ1v) is 10.3. The fourth-order valence-electron chi connectivity index (χ4n) is 4.49. The van der Waals surface area contributed by atoms with Gasteiger partial charge in [0.1, 0.15) is 5.75 Å². The van der Waals surface area contributed by atoms with Gasteiger partial charge in [-0.05, 0) is 84.8 Å². The Morgan fingerprint density at radius 1 is 1.11 bits per heavy atom. The molecule has 1 aliphatic heterocycles. The predicted octanol–water partition coefficient (Wildman–Crippen LogP) is 4.98. The minimum atomic E-state index is 0.112. The van der Waals surface area contributed by atoms with E-state index in [1.165, 1.54) is 6.07 Å². The van der Waals surface area contributed by atoms with E-state index in [0.29, 0.717) is 22.3 Å². The summed E-state index contributed by atoms with van der Waals surface area (Å²) in [5, 5.41) is 19.5. The van der Waals surface area contributed by atoms with Crippen LogP contribution in [0.1, 0.15) is 47.5 Å². The number of phenolic OH excluding ortho intramolecular Hbond substituents is 1. The Labute approximate surface area is 173 Å². The summed E-state index contributed by atoms with van der Waals surface area (Å²) in [6.07, 6.45) is 2.14. The number of benzene rings is 1. The molecule has 3 rings (SSSR count). The third-order valence-electron chi connectivity index (χ3n) is 6.25. The quantitative estimate of drug-likeness (QED) is 0.781. The molecule has 1 aromatic heterocycles. The molecule has 6 heteroatoms. The number of likely N-dealkylation sites (tertiary alicyclic amines) is 1. The molecule has 0 aliphatic carbocycles. The van der Waals surface area contributed by atoms with E-state index >= 15 is 0 Å². The molecular formula is C22H31ClN4O. The molecule has 0 radical (unpaired) electrons. The summed E-state index contributed by atoms with van der Waals surface area (Å²) in [7, 11) is 2.22. The number of rotatable bonds is 4. The number of hydrogen-bond donors (Lipinski definition) is 1. The van der Waals surface area contributed by atoms with E-state index in [4.69, 9.17) is 11.6 Å². The molecule has 28 heavy (non-hydrogen) atoms. The maximum Gasteiger partial charge on any atom is 0.151 e. The smallest absolute Gasteiger partial charge is 0.151 e. The average molecular weight is 403 g/mol. The lowest BCUT2D eigenvalue weighted by atomic mass is 9.77. The SMILES string of the molecule is CCN(c1ccc(-c2ccc(Cl)cc2O)nn1)C1CC(C)(C)N(C)C(C)(C)C1. The van der Waals surface area contributed by atoms with Gasteiger partial charge in [-0.2, -0.15) is 0 Å². The molecule has 1 saturated heterocycles. The van der Waals surface area contributed by atoms with Crippen molar-refractivity contribution >= 4 is 17.4 Å². The largest absolute Gasteiger partial charge is 0.507 e. The van der Waals surface area contributed by atoms with Gasteiger partial charge in [-0.15, -0.1) is 10.2 Å². The predicted molar refractivity (Wildman–Crippen MR) is 116 cm³/mol. The Kier molecular flexibility index (Phi) is 5.61. The molecule has 1 aromatic carbocycles. The van der Waals surface area contributed by atoms with Crippen LogP contribution in [0.25, 0.3) is 11.3 Å². The van der Waals surface area contributed by atoms with Gasteiger partial charge in [0.05, 0.1) is 5.69 Å². The van der Waals surface area contributed by atoms with Crippen molar-refractivity contribution in [1.82, 2.24) is 15.1 Å². The minimum Gasteiger partial charge on any atom is -0.507 e. The van der Waals surface area contributed by atoms with Gasteiger partial charge < -0.3 is 10.0 Å². The first-order valence-electron chi connectivity index (χ1n) is 9.88. The highest BCUT2D eigenvalue weighted by Gasteiger charge is 2.44. The summed E-state index contributed by atoms with van der Waals surface area (Å²) in [6, 6.07) is 9.34. The number of aromatic nitrogens is 2. The highest BCUT2D eigenvalue weighted by Crippen LogP contribution is 2.40. The van der Waals surface area contributed by atoms with Crippen LogP contribution in [0.5, 0.6) is 5.75 Å². The maximum atomic E-state index is 10.1. The number of piperidine rings is 1. The number of aromatic hydroxyl groups is 1. The molecule has 2 heterocycles. The normalized spacial score (nSPS) is 19.5. The van der Waals surface area contributed by atoms with E-state index in [0.717, 1.165) is 25.2 Å². The molecule has 0 atom stereocenters. The highest BCUT2D eigenvalue weighted by atomic mass is 35.5. The lowest BCUT2D eigenvalue weighted by Gasteiger charge is -2.55. The molecular weight excluding hydrogens is 372 g/mol. The van der Waals surface area contributed by atoms with Gasteiger partial charge in [0.2, 0.25) is 0 Å². The second-order valence-corrected chi connectivity index (χ2v) is 9.41. The minimum absolute atomic E-state index is 0.112. The van der Waals surface area contributed by atoms with Crippen molar-refractivity contribution in [3.63, 3.8) is 0 Å². The third kappa shape index (κ3) is 3.96. The van der Waals surface area contributed by atoms with Gasteiger partial charge >= 0.3 is 0 Å². The average Bonchev–Trinajstić information content (AvgIpc) is 2.61. The Bertz CT molecular complexity index is 817. The summed E-state index contributed by atoms with van der Waals surface area (Å²) >= 11 is 5.93. The van der Waals surface area contributed by atoms with E-state index in [1.54, 1.807) is 12.1 Å². The van der Waals surface area contributed by atoms with Crippen LogP contribution in [-0.4, -0.2) is 50.9 Å². The lowest BCUT2D eigenvalue weighted by molar-refractivity contribution is -0.0127. The van der Waals surface area contributed by atoms with E-state index in [-0.39, 0.29) is 16.8 Å². The zero-order valence-electron chi connectivity index (χ0n) is 17.7. The monoisotopic (exact) mass is 402 g/mol. The van der Waals surface area contributed by atoms with Crippen LogP contribution < -0.4 is 4.90 Å². The van der Waals surface area contributed by atoms with Crippen molar-refractivity contribution in [2.24, 2.45) is 0 Å². The molecule has 0 spiro atoms. The maximum absolute atomic E-state index is 10.1. The van der Waals surface area contributed by atoms with Gasteiger partial charge in [0.25, 0.3) is 0 Å². The zero-order valence-corrected chi connectivity index (χ0v) is 18.5. The van der Waals surface area contributed by atoms with Crippen LogP contribution in [0.4, 0.5) is 5.82 Å². The zero-order chi connectivity index (χ0) is 20.7. The Morgan fingerprint density at radius 2 is 1.75 bits per heavy atom. The first kappa shape index (κ1) is 20.9. The summed E-state index contributed by atoms with van der Waals surface area (Å²) in [4.78, 5) is 4.84. The molecule has 0 bridgehead atoms. The van der Waals surface area contributed by atoms with Crippen LogP contribution in [0.3, 0.4) is 0 Å².